The molecule has 3 aromatic carbocycles. The fraction of sp³-hybridized carbons (Fsp3) is 0.120. The van der Waals surface area contributed by atoms with Crippen molar-refractivity contribution in [2.45, 2.75) is 18.8 Å². The molecule has 1 aliphatic rings. The van der Waals surface area contributed by atoms with Crippen LogP contribution in [0.1, 0.15) is 38.8 Å². The summed E-state index contributed by atoms with van der Waals surface area (Å²) in [5.41, 5.74) is 3.00. The summed E-state index contributed by atoms with van der Waals surface area (Å²) in [4.78, 5) is 12.8. The van der Waals surface area contributed by atoms with Crippen molar-refractivity contribution in [2.75, 3.05) is 0 Å². The van der Waals surface area contributed by atoms with Crippen LogP contribution in [0.4, 0.5) is 13.2 Å². The Morgan fingerprint density at radius 2 is 1.59 bits per heavy atom. The van der Waals surface area contributed by atoms with Gasteiger partial charge in [-0.25, -0.2) is 0 Å². The molecule has 1 aliphatic heterocycles. The maximum absolute atomic E-state index is 13.3. The van der Waals surface area contributed by atoms with Crippen LogP contribution in [0.3, 0.4) is 0 Å². The first-order chi connectivity index (χ1) is 15.4. The van der Waals surface area contributed by atoms with Crippen molar-refractivity contribution >= 4 is 5.91 Å². The Balaban J connectivity index is 1.68. The van der Waals surface area contributed by atoms with E-state index in [1.165, 1.54) is 6.07 Å². The van der Waals surface area contributed by atoms with Crippen LogP contribution in [0.15, 0.2) is 84.9 Å². The number of halogens is 3. The number of hydrogen-bond acceptors (Lipinski definition) is 2. The van der Waals surface area contributed by atoms with Crippen LogP contribution in [0, 0.1) is 0 Å². The summed E-state index contributed by atoms with van der Waals surface area (Å²) >= 11 is 0. The van der Waals surface area contributed by atoms with Crippen molar-refractivity contribution in [3.05, 3.63) is 113 Å². The van der Waals surface area contributed by atoms with Gasteiger partial charge in [0, 0.05) is 11.1 Å². The molecule has 0 spiro atoms. The lowest BCUT2D eigenvalue weighted by Gasteiger charge is -2.17. The zero-order chi connectivity index (χ0) is 22.3. The lowest BCUT2D eigenvalue weighted by Crippen LogP contribution is -2.23. The number of fused-ring (bicyclic) bond motifs is 1. The van der Waals surface area contributed by atoms with E-state index < -0.39 is 23.7 Å². The third-order valence-corrected chi connectivity index (χ3v) is 5.54. The molecule has 4 aromatic rings. The van der Waals surface area contributed by atoms with E-state index in [1.807, 2.05) is 60.7 Å². The summed E-state index contributed by atoms with van der Waals surface area (Å²) in [5.74, 6) is -0.397. The normalized spacial score (nSPS) is 15.5. The Bertz CT molecular complexity index is 1280. The summed E-state index contributed by atoms with van der Waals surface area (Å²) in [5, 5.41) is 7.39. The number of amides is 1. The number of aromatic nitrogens is 2. The van der Waals surface area contributed by atoms with Crippen molar-refractivity contribution in [1.82, 2.24) is 15.1 Å². The zero-order valence-electron chi connectivity index (χ0n) is 16.8. The minimum atomic E-state index is -4.47. The minimum Gasteiger partial charge on any atom is -0.340 e. The van der Waals surface area contributed by atoms with Crippen molar-refractivity contribution < 1.29 is 18.0 Å². The maximum atomic E-state index is 13.3. The van der Waals surface area contributed by atoms with Gasteiger partial charge in [-0.1, -0.05) is 72.8 Å². The SMILES string of the molecule is O=C1NC(c2cccc(C(F)(F)F)c2)c2c1nn(Cc1ccccc1)c2-c1ccccc1. The number of nitrogens with zero attached hydrogens (tertiary/aromatic N) is 2. The number of nitrogens with one attached hydrogen (secondary N) is 1. The molecule has 1 atom stereocenters. The fourth-order valence-electron chi connectivity index (χ4n) is 4.10. The molecule has 0 fully saturated rings. The van der Waals surface area contributed by atoms with E-state index in [2.05, 4.69) is 10.4 Å². The molecular weight excluding hydrogens is 415 g/mol. The Hall–Kier alpha value is -3.87. The first-order valence-corrected chi connectivity index (χ1v) is 10.1. The summed E-state index contributed by atoms with van der Waals surface area (Å²) < 4.78 is 41.7. The summed E-state index contributed by atoms with van der Waals surface area (Å²) in [6, 6.07) is 23.5. The van der Waals surface area contributed by atoms with Gasteiger partial charge in [0.1, 0.15) is 0 Å². The average Bonchev–Trinajstić information content (AvgIpc) is 3.31. The highest BCUT2D eigenvalue weighted by atomic mass is 19.4. The fourth-order valence-corrected chi connectivity index (χ4v) is 4.10. The average molecular weight is 433 g/mol. The number of carbonyl (C=O) groups is 1. The quantitative estimate of drug-likeness (QED) is 0.465. The molecule has 1 N–H and O–H groups in total. The lowest BCUT2D eigenvalue weighted by atomic mass is 9.95. The molecule has 0 saturated heterocycles. The molecule has 1 amide bonds. The van der Waals surface area contributed by atoms with Gasteiger partial charge in [-0.05, 0) is 23.3 Å². The maximum Gasteiger partial charge on any atom is 0.416 e. The first-order valence-electron chi connectivity index (χ1n) is 10.1. The molecule has 0 aliphatic carbocycles. The van der Waals surface area contributed by atoms with Crippen LogP contribution >= 0.6 is 0 Å². The number of alkyl halides is 3. The van der Waals surface area contributed by atoms with E-state index >= 15 is 0 Å². The Kier molecular flexibility index (Phi) is 4.81. The van der Waals surface area contributed by atoms with Gasteiger partial charge in [0.05, 0.1) is 23.8 Å². The Labute approximate surface area is 182 Å². The largest absolute Gasteiger partial charge is 0.416 e. The molecule has 1 unspecified atom stereocenters. The predicted molar refractivity (Wildman–Crippen MR) is 114 cm³/mol. The standard InChI is InChI=1S/C25H18F3N3O/c26-25(27,28)19-13-7-12-18(14-19)21-20-22(24(32)29-21)30-31(15-16-8-3-1-4-9-16)23(20)17-10-5-2-6-11-17/h1-14,21H,15H2,(H,29,32). The monoisotopic (exact) mass is 433 g/mol. The number of carbonyl (C=O) groups excluding carboxylic acids is 1. The Morgan fingerprint density at radius 1 is 0.906 bits per heavy atom. The van der Waals surface area contributed by atoms with Crippen molar-refractivity contribution in [1.29, 1.82) is 0 Å². The zero-order valence-corrected chi connectivity index (χ0v) is 16.8. The second kappa shape index (κ2) is 7.67. The van der Waals surface area contributed by atoms with Crippen LogP contribution < -0.4 is 5.32 Å². The third kappa shape index (κ3) is 3.56. The molecular formula is C25H18F3N3O. The van der Waals surface area contributed by atoms with E-state index in [1.54, 1.807) is 10.7 Å². The minimum absolute atomic E-state index is 0.238. The topological polar surface area (TPSA) is 46.9 Å². The number of rotatable bonds is 4. The Morgan fingerprint density at radius 3 is 2.28 bits per heavy atom. The molecule has 0 bridgehead atoms. The third-order valence-electron chi connectivity index (χ3n) is 5.54. The molecule has 1 aromatic heterocycles. The van der Waals surface area contributed by atoms with E-state index in [0.717, 1.165) is 23.3 Å². The van der Waals surface area contributed by atoms with E-state index in [-0.39, 0.29) is 5.69 Å². The second-order valence-electron chi connectivity index (χ2n) is 7.65. The molecule has 32 heavy (non-hydrogen) atoms. The van der Waals surface area contributed by atoms with Crippen LogP contribution in [0.5, 0.6) is 0 Å². The number of hydrogen-bond donors (Lipinski definition) is 1. The predicted octanol–water partition coefficient (Wildman–Crippen LogP) is 5.45. The van der Waals surface area contributed by atoms with Crippen LogP contribution in [-0.4, -0.2) is 15.7 Å². The smallest absolute Gasteiger partial charge is 0.340 e. The van der Waals surface area contributed by atoms with Crippen molar-refractivity contribution in [2.24, 2.45) is 0 Å². The highest BCUT2D eigenvalue weighted by molar-refractivity contribution is 6.00. The van der Waals surface area contributed by atoms with Crippen LogP contribution in [0.2, 0.25) is 0 Å². The highest BCUT2D eigenvalue weighted by Crippen LogP contribution is 2.40. The van der Waals surface area contributed by atoms with Gasteiger partial charge in [0.25, 0.3) is 5.91 Å². The van der Waals surface area contributed by atoms with Gasteiger partial charge < -0.3 is 5.32 Å². The molecule has 4 nitrogen and oxygen atoms in total. The molecule has 0 saturated carbocycles. The van der Waals surface area contributed by atoms with Gasteiger partial charge in [-0.2, -0.15) is 18.3 Å². The van der Waals surface area contributed by atoms with Gasteiger partial charge in [0.2, 0.25) is 0 Å². The van der Waals surface area contributed by atoms with E-state index in [0.29, 0.717) is 23.4 Å². The van der Waals surface area contributed by atoms with Crippen LogP contribution in [0.25, 0.3) is 11.3 Å². The number of benzene rings is 3. The molecule has 2 heterocycles. The summed E-state index contributed by atoms with van der Waals surface area (Å²) in [7, 11) is 0. The molecule has 5 rings (SSSR count). The molecule has 0 radical (unpaired) electrons. The summed E-state index contributed by atoms with van der Waals surface area (Å²) in [6.45, 7) is 0.431. The van der Waals surface area contributed by atoms with Crippen molar-refractivity contribution in [3.8, 4) is 11.3 Å². The van der Waals surface area contributed by atoms with Crippen LogP contribution in [-0.2, 0) is 12.7 Å². The molecule has 7 heteroatoms. The lowest BCUT2D eigenvalue weighted by molar-refractivity contribution is -0.137. The summed E-state index contributed by atoms with van der Waals surface area (Å²) in [6.07, 6.45) is -4.47. The second-order valence-corrected chi connectivity index (χ2v) is 7.65. The molecule has 160 valence electrons. The van der Waals surface area contributed by atoms with Gasteiger partial charge in [-0.15, -0.1) is 0 Å². The highest BCUT2D eigenvalue weighted by Gasteiger charge is 2.38. The van der Waals surface area contributed by atoms with Gasteiger partial charge in [-0.3, -0.25) is 9.48 Å². The van der Waals surface area contributed by atoms with Gasteiger partial charge >= 0.3 is 6.18 Å². The van der Waals surface area contributed by atoms with E-state index in [4.69, 9.17) is 0 Å². The first kappa shape index (κ1) is 20.1. The van der Waals surface area contributed by atoms with E-state index in [9.17, 15) is 18.0 Å². The van der Waals surface area contributed by atoms with Crippen molar-refractivity contribution in [3.63, 3.8) is 0 Å². The van der Waals surface area contributed by atoms with Gasteiger partial charge in [0.15, 0.2) is 5.69 Å².